The molecule has 0 aliphatic carbocycles. The van der Waals surface area contributed by atoms with Crippen LogP contribution < -0.4 is 19.5 Å². The summed E-state index contributed by atoms with van der Waals surface area (Å²) in [5.41, 5.74) is 1.08. The van der Waals surface area contributed by atoms with Crippen LogP contribution in [0.1, 0.15) is 11.6 Å². The summed E-state index contributed by atoms with van der Waals surface area (Å²) in [5, 5.41) is 3.00. The third-order valence-electron chi connectivity index (χ3n) is 4.87. The van der Waals surface area contributed by atoms with Crippen LogP contribution in [-0.2, 0) is 9.53 Å². The second kappa shape index (κ2) is 8.95. The number of rotatable bonds is 7. The summed E-state index contributed by atoms with van der Waals surface area (Å²) < 4.78 is 21.9. The molecule has 1 N–H and O–H groups in total. The molecule has 1 amide bonds. The number of para-hydroxylation sites is 1. The highest BCUT2D eigenvalue weighted by atomic mass is 16.7. The fraction of sp³-hybridized carbons (Fsp3) is 0.381. The summed E-state index contributed by atoms with van der Waals surface area (Å²) in [4.78, 5) is 14.6. The third-order valence-corrected chi connectivity index (χ3v) is 4.87. The van der Waals surface area contributed by atoms with Crippen molar-refractivity contribution in [3.8, 4) is 17.2 Å². The number of fused-ring (bicyclic) bond motifs is 1. The van der Waals surface area contributed by atoms with Gasteiger partial charge in [-0.3, -0.25) is 9.69 Å². The number of morpholine rings is 1. The van der Waals surface area contributed by atoms with Crippen LogP contribution in [0.5, 0.6) is 17.2 Å². The largest absolute Gasteiger partial charge is 0.484 e. The van der Waals surface area contributed by atoms with Crippen molar-refractivity contribution in [3.05, 3.63) is 54.1 Å². The van der Waals surface area contributed by atoms with Gasteiger partial charge in [0.1, 0.15) is 5.75 Å². The van der Waals surface area contributed by atoms with Crippen molar-refractivity contribution < 1.29 is 23.7 Å². The van der Waals surface area contributed by atoms with Gasteiger partial charge in [-0.05, 0) is 29.8 Å². The van der Waals surface area contributed by atoms with E-state index in [2.05, 4.69) is 10.2 Å². The fourth-order valence-corrected chi connectivity index (χ4v) is 3.39. The molecule has 0 aromatic heterocycles. The van der Waals surface area contributed by atoms with E-state index in [9.17, 15) is 4.79 Å². The second-order valence-electron chi connectivity index (χ2n) is 6.68. The molecule has 1 saturated heterocycles. The maximum absolute atomic E-state index is 12.3. The van der Waals surface area contributed by atoms with Crippen LogP contribution in [0.3, 0.4) is 0 Å². The first-order chi connectivity index (χ1) is 13.8. The zero-order valence-electron chi connectivity index (χ0n) is 15.6. The molecule has 2 aliphatic heterocycles. The molecule has 2 aromatic rings. The van der Waals surface area contributed by atoms with Gasteiger partial charge < -0.3 is 24.3 Å². The van der Waals surface area contributed by atoms with Gasteiger partial charge in [-0.25, -0.2) is 0 Å². The first-order valence-electron chi connectivity index (χ1n) is 9.45. The molecular weight excluding hydrogens is 360 g/mol. The van der Waals surface area contributed by atoms with E-state index in [0.717, 1.165) is 30.2 Å². The molecule has 2 aliphatic rings. The number of hydrogen-bond donors (Lipinski definition) is 1. The maximum atomic E-state index is 12.3. The maximum Gasteiger partial charge on any atom is 0.258 e. The number of carbonyl (C=O) groups excluding carboxylic acids is 1. The summed E-state index contributed by atoms with van der Waals surface area (Å²) in [5.74, 6) is 2.03. The van der Waals surface area contributed by atoms with Crippen molar-refractivity contribution >= 4 is 5.91 Å². The van der Waals surface area contributed by atoms with Gasteiger partial charge in [-0.15, -0.1) is 0 Å². The number of nitrogens with zero attached hydrogens (tertiary/aromatic N) is 1. The van der Waals surface area contributed by atoms with Crippen molar-refractivity contribution in [2.45, 2.75) is 6.04 Å². The van der Waals surface area contributed by atoms with Crippen LogP contribution >= 0.6 is 0 Å². The van der Waals surface area contributed by atoms with Crippen LogP contribution in [0, 0.1) is 0 Å². The number of nitrogens with one attached hydrogen (secondary N) is 1. The van der Waals surface area contributed by atoms with Gasteiger partial charge in [0.15, 0.2) is 18.1 Å². The van der Waals surface area contributed by atoms with Gasteiger partial charge in [0.05, 0.1) is 19.3 Å². The molecule has 0 radical (unpaired) electrons. The van der Waals surface area contributed by atoms with Gasteiger partial charge >= 0.3 is 0 Å². The van der Waals surface area contributed by atoms with Crippen LogP contribution in [0.4, 0.5) is 0 Å². The van der Waals surface area contributed by atoms with E-state index in [4.69, 9.17) is 18.9 Å². The molecule has 0 saturated carbocycles. The SMILES string of the molecule is O=C(COc1ccccc1)NC[C@H](c1ccc2c(c1)OCO2)N1CCOCC1. The Balaban J connectivity index is 1.40. The zero-order chi connectivity index (χ0) is 19.2. The van der Waals surface area contributed by atoms with Gasteiger partial charge in [-0.1, -0.05) is 24.3 Å². The normalized spacial score (nSPS) is 17.1. The monoisotopic (exact) mass is 384 g/mol. The summed E-state index contributed by atoms with van der Waals surface area (Å²) in [6.07, 6.45) is 0. The molecule has 148 valence electrons. The standard InChI is InChI=1S/C21H24N2O5/c24-21(14-26-17-4-2-1-3-5-17)22-13-18(23-8-10-25-11-9-23)16-6-7-19-20(12-16)28-15-27-19/h1-7,12,18H,8-11,13-15H2,(H,22,24)/t18-/m1/s1. The number of amides is 1. The number of ether oxygens (including phenoxy) is 4. The molecule has 0 bridgehead atoms. The quantitative estimate of drug-likeness (QED) is 0.787. The first-order valence-corrected chi connectivity index (χ1v) is 9.45. The first kappa shape index (κ1) is 18.6. The number of benzene rings is 2. The Morgan fingerprint density at radius 1 is 1.07 bits per heavy atom. The van der Waals surface area contributed by atoms with Gasteiger partial charge in [0.2, 0.25) is 6.79 Å². The Morgan fingerprint density at radius 2 is 1.86 bits per heavy atom. The number of hydrogen-bond acceptors (Lipinski definition) is 6. The molecule has 2 aromatic carbocycles. The van der Waals surface area contributed by atoms with Crippen molar-refractivity contribution in [1.82, 2.24) is 10.2 Å². The van der Waals surface area contributed by atoms with Crippen molar-refractivity contribution in [3.63, 3.8) is 0 Å². The Bertz CT molecular complexity index is 793. The third kappa shape index (κ3) is 4.55. The van der Waals surface area contributed by atoms with E-state index in [1.165, 1.54) is 0 Å². The average molecular weight is 384 g/mol. The topological polar surface area (TPSA) is 69.3 Å². The van der Waals surface area contributed by atoms with E-state index >= 15 is 0 Å². The summed E-state index contributed by atoms with van der Waals surface area (Å²) in [7, 11) is 0. The summed E-state index contributed by atoms with van der Waals surface area (Å²) in [6.45, 7) is 3.72. The van der Waals surface area contributed by atoms with E-state index < -0.39 is 0 Å². The molecule has 7 heteroatoms. The van der Waals surface area contributed by atoms with E-state index in [0.29, 0.717) is 25.5 Å². The predicted molar refractivity (Wildman–Crippen MR) is 103 cm³/mol. The summed E-state index contributed by atoms with van der Waals surface area (Å²) >= 11 is 0. The molecule has 1 fully saturated rings. The predicted octanol–water partition coefficient (Wildman–Crippen LogP) is 1.98. The number of carbonyl (C=O) groups is 1. The van der Waals surface area contributed by atoms with Crippen LogP contribution in [0.2, 0.25) is 0 Å². The molecule has 4 rings (SSSR count). The van der Waals surface area contributed by atoms with Crippen molar-refractivity contribution in [1.29, 1.82) is 0 Å². The molecule has 0 unspecified atom stereocenters. The lowest BCUT2D eigenvalue weighted by Gasteiger charge is -2.35. The Kier molecular flexibility index (Phi) is 5.94. The Hall–Kier alpha value is -2.77. The minimum absolute atomic E-state index is 0.0129. The summed E-state index contributed by atoms with van der Waals surface area (Å²) in [6, 6.07) is 15.3. The molecule has 1 atom stereocenters. The van der Waals surface area contributed by atoms with Crippen molar-refractivity contribution in [2.24, 2.45) is 0 Å². The fourth-order valence-electron chi connectivity index (χ4n) is 3.39. The lowest BCUT2D eigenvalue weighted by Crippen LogP contribution is -2.44. The molecule has 2 heterocycles. The Labute approximate surface area is 164 Å². The van der Waals surface area contributed by atoms with E-state index in [1.54, 1.807) is 0 Å². The van der Waals surface area contributed by atoms with Gasteiger partial charge in [-0.2, -0.15) is 0 Å². The second-order valence-corrected chi connectivity index (χ2v) is 6.68. The Morgan fingerprint density at radius 3 is 2.68 bits per heavy atom. The van der Waals surface area contributed by atoms with E-state index in [1.807, 2.05) is 48.5 Å². The van der Waals surface area contributed by atoms with Crippen LogP contribution in [-0.4, -0.2) is 57.1 Å². The van der Waals surface area contributed by atoms with Crippen LogP contribution in [0.15, 0.2) is 48.5 Å². The smallest absolute Gasteiger partial charge is 0.258 e. The highest BCUT2D eigenvalue weighted by Gasteiger charge is 2.25. The van der Waals surface area contributed by atoms with Crippen LogP contribution in [0.25, 0.3) is 0 Å². The minimum atomic E-state index is -0.150. The van der Waals surface area contributed by atoms with Crippen molar-refractivity contribution in [2.75, 3.05) is 46.2 Å². The zero-order valence-corrected chi connectivity index (χ0v) is 15.6. The average Bonchev–Trinajstić information content (AvgIpc) is 3.22. The highest BCUT2D eigenvalue weighted by Crippen LogP contribution is 2.35. The molecule has 7 nitrogen and oxygen atoms in total. The minimum Gasteiger partial charge on any atom is -0.484 e. The molecule has 0 spiro atoms. The van der Waals surface area contributed by atoms with E-state index in [-0.39, 0.29) is 25.3 Å². The molecular formula is C21H24N2O5. The van der Waals surface area contributed by atoms with Gasteiger partial charge in [0.25, 0.3) is 5.91 Å². The van der Waals surface area contributed by atoms with Gasteiger partial charge in [0, 0.05) is 19.6 Å². The lowest BCUT2D eigenvalue weighted by atomic mass is 10.0. The highest BCUT2D eigenvalue weighted by molar-refractivity contribution is 5.77. The molecule has 28 heavy (non-hydrogen) atoms. The lowest BCUT2D eigenvalue weighted by molar-refractivity contribution is -0.123.